The quantitative estimate of drug-likeness (QED) is 0.440. The van der Waals surface area contributed by atoms with Gasteiger partial charge in [-0.1, -0.05) is 23.9 Å². The Morgan fingerprint density at radius 1 is 1.29 bits per heavy atom. The fourth-order valence-electron chi connectivity index (χ4n) is 1.99. The summed E-state index contributed by atoms with van der Waals surface area (Å²) in [6.45, 7) is 0. The molecule has 0 atom stereocenters. The molecule has 5 nitrogen and oxygen atoms in total. The van der Waals surface area contributed by atoms with Gasteiger partial charge in [0.15, 0.2) is 10.8 Å². The maximum absolute atomic E-state index is 13.2. The summed E-state index contributed by atoms with van der Waals surface area (Å²) in [6.07, 6.45) is 1.88. The van der Waals surface area contributed by atoms with Crippen molar-refractivity contribution >= 4 is 23.2 Å². The third kappa shape index (κ3) is 2.73. The summed E-state index contributed by atoms with van der Waals surface area (Å²) in [6, 6.07) is 9.95. The predicted molar refractivity (Wildman–Crippen MR) is 80.0 cm³/mol. The first-order valence-electron chi connectivity index (χ1n) is 6.20. The van der Waals surface area contributed by atoms with Gasteiger partial charge in [0.2, 0.25) is 0 Å². The smallest absolute Gasteiger partial charge is 0.195 e. The zero-order chi connectivity index (χ0) is 14.8. The predicted octanol–water partition coefficient (Wildman–Crippen LogP) is 2.44. The summed E-state index contributed by atoms with van der Waals surface area (Å²) in [5.74, 6) is -0.0108. The first kappa shape index (κ1) is 13.6. The van der Waals surface area contributed by atoms with Gasteiger partial charge in [0.1, 0.15) is 11.7 Å². The number of aromatic nitrogens is 3. The molecule has 7 heteroatoms. The van der Waals surface area contributed by atoms with Crippen LogP contribution in [0.1, 0.15) is 11.1 Å². The molecule has 0 unspecified atom stereocenters. The monoisotopic (exact) mass is 301 g/mol. The van der Waals surface area contributed by atoms with Crippen molar-refractivity contribution in [3.8, 4) is 0 Å². The third-order valence-corrected chi connectivity index (χ3v) is 3.99. The van der Waals surface area contributed by atoms with Crippen molar-refractivity contribution in [2.24, 2.45) is 5.73 Å². The van der Waals surface area contributed by atoms with Crippen molar-refractivity contribution in [1.82, 2.24) is 14.6 Å². The van der Waals surface area contributed by atoms with Gasteiger partial charge in [-0.15, -0.1) is 10.2 Å². The van der Waals surface area contributed by atoms with Crippen LogP contribution in [-0.4, -0.2) is 20.4 Å². The second-order valence-electron chi connectivity index (χ2n) is 4.42. The molecule has 0 aliphatic heterocycles. The van der Waals surface area contributed by atoms with Gasteiger partial charge in [-0.25, -0.2) is 4.39 Å². The molecule has 0 amide bonds. The number of amidine groups is 1. The lowest BCUT2D eigenvalue weighted by molar-refractivity contribution is 0.627. The van der Waals surface area contributed by atoms with Crippen LogP contribution in [0.5, 0.6) is 0 Å². The van der Waals surface area contributed by atoms with Crippen LogP contribution in [-0.2, 0) is 5.75 Å². The van der Waals surface area contributed by atoms with E-state index in [9.17, 15) is 4.39 Å². The molecule has 0 saturated carbocycles. The van der Waals surface area contributed by atoms with E-state index in [1.165, 1.54) is 23.9 Å². The Morgan fingerprint density at radius 2 is 2.14 bits per heavy atom. The lowest BCUT2D eigenvalue weighted by atomic mass is 10.1. The summed E-state index contributed by atoms with van der Waals surface area (Å²) in [5.41, 5.74) is 7.47. The molecule has 2 heterocycles. The molecule has 0 aliphatic carbocycles. The fourth-order valence-corrected chi connectivity index (χ4v) is 2.91. The Hall–Kier alpha value is -2.41. The van der Waals surface area contributed by atoms with Crippen LogP contribution in [0, 0.1) is 11.2 Å². The minimum atomic E-state index is -0.401. The van der Waals surface area contributed by atoms with Crippen molar-refractivity contribution in [3.63, 3.8) is 0 Å². The van der Waals surface area contributed by atoms with Crippen molar-refractivity contribution in [3.05, 3.63) is 59.5 Å². The highest BCUT2D eigenvalue weighted by atomic mass is 32.2. The zero-order valence-electron chi connectivity index (χ0n) is 11.0. The number of halogens is 1. The number of rotatable bonds is 4. The van der Waals surface area contributed by atoms with Crippen LogP contribution in [0.25, 0.3) is 5.65 Å². The Bertz CT molecular complexity index is 814. The summed E-state index contributed by atoms with van der Waals surface area (Å²) in [5, 5.41) is 16.5. The van der Waals surface area contributed by atoms with Crippen LogP contribution in [0.3, 0.4) is 0 Å². The molecule has 0 spiro atoms. The molecule has 2 aromatic heterocycles. The van der Waals surface area contributed by atoms with E-state index >= 15 is 0 Å². The topological polar surface area (TPSA) is 80.1 Å². The highest BCUT2D eigenvalue weighted by Crippen LogP contribution is 2.24. The van der Waals surface area contributed by atoms with Gasteiger partial charge in [-0.3, -0.25) is 9.81 Å². The lowest BCUT2D eigenvalue weighted by Crippen LogP contribution is -2.14. The number of benzene rings is 1. The van der Waals surface area contributed by atoms with Crippen LogP contribution in [0.4, 0.5) is 4.39 Å². The molecule has 0 aliphatic rings. The average molecular weight is 301 g/mol. The number of nitrogens with zero attached hydrogens (tertiary/aromatic N) is 3. The van der Waals surface area contributed by atoms with E-state index in [-0.39, 0.29) is 5.84 Å². The molecule has 0 radical (unpaired) electrons. The number of fused-ring (bicyclic) bond motifs is 1. The van der Waals surface area contributed by atoms with Crippen molar-refractivity contribution in [2.45, 2.75) is 10.9 Å². The van der Waals surface area contributed by atoms with E-state index in [4.69, 9.17) is 11.1 Å². The summed E-state index contributed by atoms with van der Waals surface area (Å²) >= 11 is 1.46. The van der Waals surface area contributed by atoms with E-state index in [1.54, 1.807) is 6.07 Å². The number of hydrogen-bond acceptors (Lipinski definition) is 4. The Balaban J connectivity index is 1.87. The standard InChI is InChI=1S/C14H12FN5S/c15-10-5-4-9(11(7-10)13(16)17)8-21-14-19-18-12-3-1-2-6-20(12)14/h1-7H,8H2,(H3,16,17). The normalized spacial score (nSPS) is 10.9. The Labute approximate surface area is 124 Å². The van der Waals surface area contributed by atoms with Gasteiger partial charge < -0.3 is 5.73 Å². The third-order valence-electron chi connectivity index (χ3n) is 3.00. The van der Waals surface area contributed by atoms with Gasteiger partial charge in [0.05, 0.1) is 0 Å². The summed E-state index contributed by atoms with van der Waals surface area (Å²) in [4.78, 5) is 0. The van der Waals surface area contributed by atoms with Gasteiger partial charge in [0.25, 0.3) is 0 Å². The molecule has 0 bridgehead atoms. The van der Waals surface area contributed by atoms with Gasteiger partial charge in [-0.05, 0) is 29.8 Å². The first-order valence-corrected chi connectivity index (χ1v) is 7.19. The highest BCUT2D eigenvalue weighted by Gasteiger charge is 2.10. The molecular weight excluding hydrogens is 289 g/mol. The molecule has 3 rings (SSSR count). The number of thioether (sulfide) groups is 1. The van der Waals surface area contributed by atoms with E-state index in [2.05, 4.69) is 10.2 Å². The minimum absolute atomic E-state index is 0.142. The van der Waals surface area contributed by atoms with Crippen molar-refractivity contribution < 1.29 is 4.39 Å². The Morgan fingerprint density at radius 3 is 2.95 bits per heavy atom. The number of nitrogens with one attached hydrogen (secondary N) is 1. The molecule has 21 heavy (non-hydrogen) atoms. The molecule has 0 fully saturated rings. The average Bonchev–Trinajstić information content (AvgIpc) is 2.89. The van der Waals surface area contributed by atoms with Crippen LogP contribution >= 0.6 is 11.8 Å². The number of hydrogen-bond donors (Lipinski definition) is 2. The molecule has 3 N–H and O–H groups in total. The first-order chi connectivity index (χ1) is 10.1. The second-order valence-corrected chi connectivity index (χ2v) is 5.36. The largest absolute Gasteiger partial charge is 0.384 e. The second kappa shape index (κ2) is 5.53. The van der Waals surface area contributed by atoms with Crippen LogP contribution in [0.15, 0.2) is 47.8 Å². The van der Waals surface area contributed by atoms with Gasteiger partial charge in [0, 0.05) is 17.5 Å². The maximum atomic E-state index is 13.2. The maximum Gasteiger partial charge on any atom is 0.195 e. The molecule has 0 saturated heterocycles. The van der Waals surface area contributed by atoms with Crippen molar-refractivity contribution in [2.75, 3.05) is 0 Å². The van der Waals surface area contributed by atoms with Gasteiger partial charge >= 0.3 is 0 Å². The molecular formula is C14H12FN5S. The van der Waals surface area contributed by atoms with Crippen LogP contribution < -0.4 is 5.73 Å². The molecule has 1 aromatic carbocycles. The summed E-state index contributed by atoms with van der Waals surface area (Å²) in [7, 11) is 0. The highest BCUT2D eigenvalue weighted by molar-refractivity contribution is 7.98. The molecule has 106 valence electrons. The minimum Gasteiger partial charge on any atom is -0.384 e. The lowest BCUT2D eigenvalue weighted by Gasteiger charge is -2.07. The van der Waals surface area contributed by atoms with E-state index < -0.39 is 5.82 Å². The van der Waals surface area contributed by atoms with E-state index in [0.717, 1.165) is 16.4 Å². The van der Waals surface area contributed by atoms with Crippen molar-refractivity contribution in [1.29, 1.82) is 5.41 Å². The Kier molecular flexibility index (Phi) is 3.57. The molecule has 3 aromatic rings. The van der Waals surface area contributed by atoms with E-state index in [1.807, 2.05) is 28.8 Å². The summed E-state index contributed by atoms with van der Waals surface area (Å²) < 4.78 is 15.1. The number of pyridine rings is 1. The SMILES string of the molecule is N=C(N)c1cc(F)ccc1CSc1nnc2ccccn12. The van der Waals surface area contributed by atoms with Crippen LogP contribution in [0.2, 0.25) is 0 Å². The number of nitrogens with two attached hydrogens (primary N) is 1. The fraction of sp³-hybridized carbons (Fsp3) is 0.0714. The number of nitrogen functional groups attached to an aromatic ring is 1. The van der Waals surface area contributed by atoms with E-state index in [0.29, 0.717) is 11.3 Å². The van der Waals surface area contributed by atoms with Gasteiger partial charge in [-0.2, -0.15) is 0 Å². The zero-order valence-corrected chi connectivity index (χ0v) is 11.8.